The molecule has 0 unspecified atom stereocenters. The van der Waals surface area contributed by atoms with E-state index in [1.165, 1.54) is 0 Å². The van der Waals surface area contributed by atoms with Gasteiger partial charge in [-0.15, -0.1) is 24.8 Å². The summed E-state index contributed by atoms with van der Waals surface area (Å²) in [6.07, 6.45) is 0. The van der Waals surface area contributed by atoms with Gasteiger partial charge in [0, 0.05) is 0 Å². The number of hydrogen-bond acceptors (Lipinski definition) is 1. The molecule has 0 aromatic rings. The summed E-state index contributed by atoms with van der Waals surface area (Å²) in [6, 6.07) is 0. The maximum absolute atomic E-state index is 3.11. The molecule has 0 aromatic carbocycles. The molecule has 62 valence electrons. The summed E-state index contributed by atoms with van der Waals surface area (Å²) in [5.74, 6) is 0. The van der Waals surface area contributed by atoms with Gasteiger partial charge in [0.25, 0.3) is 0 Å². The maximum atomic E-state index is 3.11. The van der Waals surface area contributed by atoms with Crippen molar-refractivity contribution in [2.45, 2.75) is 27.7 Å². The second-order valence-corrected chi connectivity index (χ2v) is 0.957. The van der Waals surface area contributed by atoms with Crippen molar-refractivity contribution in [3.8, 4) is 0 Å². The summed E-state index contributed by atoms with van der Waals surface area (Å²) in [4.78, 5) is 0. The molecule has 0 bridgehead atoms. The maximum Gasteiger partial charge on any atom is -0.00775 e. The lowest BCUT2D eigenvalue weighted by Crippen LogP contribution is -2.09. The largest absolute Gasteiger partial charge is 0.317 e. The molecule has 3 heteroatoms. The molecule has 0 rings (SSSR count). The minimum absolute atomic E-state index is 0. The molecule has 0 aliphatic carbocycles. The summed E-state index contributed by atoms with van der Waals surface area (Å²) in [5.41, 5.74) is 0. The van der Waals surface area contributed by atoms with Gasteiger partial charge < -0.3 is 5.32 Å². The lowest BCUT2D eigenvalue weighted by atomic mass is 10.7. The van der Waals surface area contributed by atoms with Gasteiger partial charge in [0.2, 0.25) is 0 Å². The third-order valence-electron chi connectivity index (χ3n) is 0.500. The van der Waals surface area contributed by atoms with Crippen LogP contribution in [0.5, 0.6) is 0 Å². The Bertz CT molecular complexity index is 18.5. The van der Waals surface area contributed by atoms with E-state index in [1.807, 2.05) is 13.8 Å². The fraction of sp³-hybridized carbons (Fsp3) is 1.00. The zero-order valence-electron chi connectivity index (χ0n) is 6.73. The topological polar surface area (TPSA) is 12.0 Å². The van der Waals surface area contributed by atoms with Crippen LogP contribution in [0.15, 0.2) is 0 Å². The molecule has 0 saturated heterocycles. The Kier molecular flexibility index (Phi) is 97.6. The van der Waals surface area contributed by atoms with Gasteiger partial charge in [-0.25, -0.2) is 0 Å². The van der Waals surface area contributed by atoms with Crippen molar-refractivity contribution < 1.29 is 0 Å². The number of rotatable bonds is 2. The van der Waals surface area contributed by atoms with Crippen molar-refractivity contribution in [1.29, 1.82) is 0 Å². The van der Waals surface area contributed by atoms with Crippen molar-refractivity contribution >= 4 is 24.8 Å². The lowest BCUT2D eigenvalue weighted by Gasteiger charge is -1.86. The molecule has 9 heavy (non-hydrogen) atoms. The molecule has 0 aliphatic rings. The van der Waals surface area contributed by atoms with Gasteiger partial charge in [-0.05, 0) is 13.1 Å². The Morgan fingerprint density at radius 2 is 1.11 bits per heavy atom. The highest BCUT2D eigenvalue weighted by atomic mass is 35.5. The first kappa shape index (κ1) is 22.7. The van der Waals surface area contributed by atoms with Crippen LogP contribution in [0.4, 0.5) is 0 Å². The van der Waals surface area contributed by atoms with Crippen molar-refractivity contribution in [2.24, 2.45) is 0 Å². The van der Waals surface area contributed by atoms with Crippen LogP contribution in [-0.2, 0) is 0 Å². The standard InChI is InChI=1S/C4H11N.C2H6.2ClH/c1-3-5-4-2;1-2;;/h5H,3-4H2,1-2H3;1-2H3;2*1H. The van der Waals surface area contributed by atoms with Crippen LogP contribution in [0.2, 0.25) is 0 Å². The molecule has 0 radical (unpaired) electrons. The normalized spacial score (nSPS) is 5.33. The van der Waals surface area contributed by atoms with E-state index in [0.29, 0.717) is 0 Å². The molecule has 0 amide bonds. The fourth-order valence-corrected chi connectivity index (χ4v) is 0.250. The van der Waals surface area contributed by atoms with E-state index >= 15 is 0 Å². The Morgan fingerprint density at radius 3 is 1.11 bits per heavy atom. The monoisotopic (exact) mass is 175 g/mol. The van der Waals surface area contributed by atoms with Crippen molar-refractivity contribution in [3.63, 3.8) is 0 Å². The number of hydrogen-bond donors (Lipinski definition) is 1. The molecular formula is C6H19Cl2N. The molecule has 0 aromatic heterocycles. The van der Waals surface area contributed by atoms with E-state index in [9.17, 15) is 0 Å². The second-order valence-electron chi connectivity index (χ2n) is 0.957. The molecule has 0 aliphatic heterocycles. The number of halogens is 2. The Hall–Kier alpha value is 0.540. The van der Waals surface area contributed by atoms with Crippen molar-refractivity contribution in [1.82, 2.24) is 5.32 Å². The first-order valence-electron chi connectivity index (χ1n) is 3.12. The summed E-state index contributed by atoms with van der Waals surface area (Å²) >= 11 is 0. The van der Waals surface area contributed by atoms with Crippen LogP contribution in [0.25, 0.3) is 0 Å². The van der Waals surface area contributed by atoms with E-state index in [4.69, 9.17) is 0 Å². The summed E-state index contributed by atoms with van der Waals surface area (Å²) < 4.78 is 0. The van der Waals surface area contributed by atoms with Crippen LogP contribution in [0, 0.1) is 0 Å². The molecule has 0 atom stereocenters. The summed E-state index contributed by atoms with van der Waals surface area (Å²) in [6.45, 7) is 10.4. The fourth-order valence-electron chi connectivity index (χ4n) is 0.250. The van der Waals surface area contributed by atoms with Gasteiger partial charge in [-0.3, -0.25) is 0 Å². The van der Waals surface area contributed by atoms with Crippen LogP contribution in [0.1, 0.15) is 27.7 Å². The van der Waals surface area contributed by atoms with Crippen molar-refractivity contribution in [3.05, 3.63) is 0 Å². The summed E-state index contributed by atoms with van der Waals surface area (Å²) in [5, 5.41) is 3.11. The van der Waals surface area contributed by atoms with Gasteiger partial charge in [0.1, 0.15) is 0 Å². The van der Waals surface area contributed by atoms with Crippen molar-refractivity contribution in [2.75, 3.05) is 13.1 Å². The second kappa shape index (κ2) is 38.7. The lowest BCUT2D eigenvalue weighted by molar-refractivity contribution is 0.762. The first-order valence-corrected chi connectivity index (χ1v) is 3.12. The quantitative estimate of drug-likeness (QED) is 0.681. The predicted molar refractivity (Wildman–Crippen MR) is 50.1 cm³/mol. The highest BCUT2D eigenvalue weighted by molar-refractivity contribution is 5.85. The molecular weight excluding hydrogens is 157 g/mol. The molecule has 0 spiro atoms. The van der Waals surface area contributed by atoms with E-state index < -0.39 is 0 Å². The molecule has 1 nitrogen and oxygen atoms in total. The predicted octanol–water partition coefficient (Wildman–Crippen LogP) is 2.49. The molecule has 1 N–H and O–H groups in total. The van der Waals surface area contributed by atoms with E-state index in [1.54, 1.807) is 0 Å². The molecule has 0 saturated carbocycles. The van der Waals surface area contributed by atoms with E-state index in [2.05, 4.69) is 19.2 Å². The third kappa shape index (κ3) is 56.6. The van der Waals surface area contributed by atoms with E-state index in [-0.39, 0.29) is 24.8 Å². The molecule has 0 heterocycles. The highest BCUT2D eigenvalue weighted by Gasteiger charge is 1.62. The first-order chi connectivity index (χ1) is 3.41. The average molecular weight is 176 g/mol. The molecule has 0 fully saturated rings. The van der Waals surface area contributed by atoms with Gasteiger partial charge in [0.15, 0.2) is 0 Å². The van der Waals surface area contributed by atoms with Gasteiger partial charge in [-0.1, -0.05) is 27.7 Å². The Morgan fingerprint density at radius 1 is 0.889 bits per heavy atom. The van der Waals surface area contributed by atoms with Crippen LogP contribution >= 0.6 is 24.8 Å². The number of nitrogens with one attached hydrogen (secondary N) is 1. The Labute approximate surface area is 71.4 Å². The third-order valence-corrected chi connectivity index (χ3v) is 0.500. The van der Waals surface area contributed by atoms with Gasteiger partial charge >= 0.3 is 0 Å². The Balaban J connectivity index is -0.0000000286. The zero-order chi connectivity index (χ0) is 6.12. The van der Waals surface area contributed by atoms with Crippen LogP contribution in [0.3, 0.4) is 0 Å². The minimum atomic E-state index is 0. The van der Waals surface area contributed by atoms with Gasteiger partial charge in [0.05, 0.1) is 0 Å². The van der Waals surface area contributed by atoms with Crippen LogP contribution < -0.4 is 5.32 Å². The van der Waals surface area contributed by atoms with Gasteiger partial charge in [-0.2, -0.15) is 0 Å². The van der Waals surface area contributed by atoms with Crippen LogP contribution in [-0.4, -0.2) is 13.1 Å². The minimum Gasteiger partial charge on any atom is -0.317 e. The highest BCUT2D eigenvalue weighted by Crippen LogP contribution is 1.47. The SMILES string of the molecule is CC.CCNCC.Cl.Cl. The zero-order valence-corrected chi connectivity index (χ0v) is 8.36. The van der Waals surface area contributed by atoms with E-state index in [0.717, 1.165) is 13.1 Å². The smallest absolute Gasteiger partial charge is 0.00775 e. The average Bonchev–Trinajstić information content (AvgIpc) is 1.75. The summed E-state index contributed by atoms with van der Waals surface area (Å²) in [7, 11) is 0.